The number of ether oxygens (including phenoxy) is 2. The summed E-state index contributed by atoms with van der Waals surface area (Å²) in [4.78, 5) is 4.56. The maximum absolute atomic E-state index is 14.0. The number of pyridine rings is 1. The normalized spacial score (nSPS) is 11.9. The Hall–Kier alpha value is -3.82. The molecule has 0 aliphatic heterocycles. The number of nitrogens with zero attached hydrogens (tertiary/aromatic N) is 3. The Labute approximate surface area is 203 Å². The van der Waals surface area contributed by atoms with E-state index < -0.39 is 10.0 Å². The number of hydrogen-bond acceptors (Lipinski definition) is 6. The van der Waals surface area contributed by atoms with Crippen molar-refractivity contribution in [2.24, 2.45) is 7.05 Å². The predicted molar refractivity (Wildman–Crippen MR) is 134 cm³/mol. The van der Waals surface area contributed by atoms with Crippen LogP contribution in [0.1, 0.15) is 11.1 Å². The SMILES string of the molecule is COc1cc2c(-c3cc4c(CO)ccnc4n3S(=O)(=O)c3ccc(C)cc3)cn(C)c2cc1OC. The van der Waals surface area contributed by atoms with E-state index in [1.165, 1.54) is 10.2 Å². The van der Waals surface area contributed by atoms with E-state index in [9.17, 15) is 13.5 Å². The van der Waals surface area contributed by atoms with Gasteiger partial charge in [-0.3, -0.25) is 0 Å². The Balaban J connectivity index is 1.89. The van der Waals surface area contributed by atoms with Crippen molar-refractivity contribution in [3.05, 3.63) is 72.1 Å². The van der Waals surface area contributed by atoms with Crippen molar-refractivity contribution in [1.82, 2.24) is 13.5 Å². The summed E-state index contributed by atoms with van der Waals surface area (Å²) < 4.78 is 42.1. The van der Waals surface area contributed by atoms with Crippen LogP contribution in [0.3, 0.4) is 0 Å². The van der Waals surface area contributed by atoms with Gasteiger partial charge >= 0.3 is 0 Å². The number of methoxy groups -OCH3 is 2. The van der Waals surface area contributed by atoms with Crippen molar-refractivity contribution in [1.29, 1.82) is 0 Å². The second kappa shape index (κ2) is 8.44. The van der Waals surface area contributed by atoms with Crippen molar-refractivity contribution >= 4 is 32.0 Å². The molecule has 0 saturated carbocycles. The van der Waals surface area contributed by atoms with Gasteiger partial charge in [-0.25, -0.2) is 17.4 Å². The molecule has 0 saturated heterocycles. The lowest BCUT2D eigenvalue weighted by Gasteiger charge is -2.12. The van der Waals surface area contributed by atoms with Crippen LogP contribution >= 0.6 is 0 Å². The second-order valence-corrected chi connectivity index (χ2v) is 10.1. The molecule has 0 unspecified atom stereocenters. The molecule has 0 fully saturated rings. The third-order valence-electron chi connectivity index (χ3n) is 6.25. The average Bonchev–Trinajstić information content (AvgIpc) is 3.41. The van der Waals surface area contributed by atoms with Crippen LogP contribution < -0.4 is 9.47 Å². The minimum Gasteiger partial charge on any atom is -0.493 e. The lowest BCUT2D eigenvalue weighted by molar-refractivity contribution is 0.283. The zero-order chi connectivity index (χ0) is 24.9. The number of aromatic nitrogens is 3. The average molecular weight is 492 g/mol. The molecular weight excluding hydrogens is 466 g/mol. The second-order valence-electron chi connectivity index (χ2n) is 8.36. The van der Waals surface area contributed by atoms with Crippen LogP contribution in [0.15, 0.2) is 65.8 Å². The summed E-state index contributed by atoms with van der Waals surface area (Å²) in [7, 11) is 0.991. The van der Waals surface area contributed by atoms with Crippen LogP contribution in [0.4, 0.5) is 0 Å². The lowest BCUT2D eigenvalue weighted by Crippen LogP contribution is -2.14. The van der Waals surface area contributed by atoms with Crippen LogP contribution in [0.25, 0.3) is 33.2 Å². The molecule has 0 aliphatic carbocycles. The molecule has 0 atom stereocenters. The Morgan fingerprint density at radius 2 is 1.66 bits per heavy atom. The summed E-state index contributed by atoms with van der Waals surface area (Å²) in [6, 6.07) is 13.9. The van der Waals surface area contributed by atoms with E-state index in [4.69, 9.17) is 9.47 Å². The smallest absolute Gasteiger partial charge is 0.269 e. The molecule has 0 spiro atoms. The number of aliphatic hydroxyl groups is 1. The zero-order valence-corrected chi connectivity index (χ0v) is 20.6. The number of rotatable bonds is 6. The maximum Gasteiger partial charge on any atom is 0.269 e. The molecule has 0 aliphatic rings. The van der Waals surface area contributed by atoms with Gasteiger partial charge in [-0.15, -0.1) is 0 Å². The van der Waals surface area contributed by atoms with Gasteiger partial charge in [-0.05, 0) is 42.8 Å². The van der Waals surface area contributed by atoms with E-state index in [2.05, 4.69) is 4.98 Å². The molecule has 35 heavy (non-hydrogen) atoms. The summed E-state index contributed by atoms with van der Waals surface area (Å²) in [5.41, 5.74) is 3.76. The molecule has 5 aromatic rings. The van der Waals surface area contributed by atoms with Gasteiger partial charge in [-0.2, -0.15) is 0 Å². The van der Waals surface area contributed by atoms with Gasteiger partial charge in [0.2, 0.25) is 0 Å². The van der Waals surface area contributed by atoms with Crippen LogP contribution in [-0.4, -0.2) is 41.3 Å². The fourth-order valence-electron chi connectivity index (χ4n) is 4.43. The van der Waals surface area contributed by atoms with Crippen molar-refractivity contribution < 1.29 is 23.0 Å². The van der Waals surface area contributed by atoms with Crippen LogP contribution in [0, 0.1) is 6.92 Å². The molecule has 3 aromatic heterocycles. The van der Waals surface area contributed by atoms with Gasteiger partial charge < -0.3 is 19.1 Å². The molecule has 0 bridgehead atoms. The fourth-order valence-corrected chi connectivity index (χ4v) is 5.90. The molecule has 1 N–H and O–H groups in total. The molecule has 8 nitrogen and oxygen atoms in total. The Kier molecular flexibility index (Phi) is 5.53. The minimum absolute atomic E-state index is 0.150. The fraction of sp³-hybridized carbons (Fsp3) is 0.192. The van der Waals surface area contributed by atoms with E-state index in [1.807, 2.05) is 36.9 Å². The van der Waals surface area contributed by atoms with E-state index in [1.54, 1.807) is 50.6 Å². The summed E-state index contributed by atoms with van der Waals surface area (Å²) >= 11 is 0. The first-order chi connectivity index (χ1) is 16.8. The van der Waals surface area contributed by atoms with Gasteiger partial charge in [0, 0.05) is 41.8 Å². The Bertz CT molecular complexity index is 1680. The van der Waals surface area contributed by atoms with Crippen LogP contribution in [0.2, 0.25) is 0 Å². The first kappa shape index (κ1) is 22.9. The molecule has 5 rings (SSSR count). The Morgan fingerprint density at radius 3 is 2.31 bits per heavy atom. The molecule has 0 radical (unpaired) electrons. The van der Waals surface area contributed by atoms with Crippen molar-refractivity contribution in [2.75, 3.05) is 14.2 Å². The van der Waals surface area contributed by atoms with E-state index in [0.29, 0.717) is 33.7 Å². The van der Waals surface area contributed by atoms with Gasteiger partial charge in [0.05, 0.1) is 36.9 Å². The highest BCUT2D eigenvalue weighted by Crippen LogP contribution is 2.41. The van der Waals surface area contributed by atoms with E-state index in [-0.39, 0.29) is 17.1 Å². The predicted octanol–water partition coefficient (Wildman–Crippen LogP) is 4.25. The van der Waals surface area contributed by atoms with Gasteiger partial charge in [0.15, 0.2) is 17.1 Å². The lowest BCUT2D eigenvalue weighted by atomic mass is 10.1. The number of hydrogen-bond donors (Lipinski definition) is 1. The summed E-state index contributed by atoms with van der Waals surface area (Å²) in [6.07, 6.45) is 3.38. The molecule has 9 heteroatoms. The van der Waals surface area contributed by atoms with Crippen molar-refractivity contribution in [3.8, 4) is 22.8 Å². The number of aliphatic hydroxyl groups excluding tert-OH is 1. The largest absolute Gasteiger partial charge is 0.493 e. The first-order valence-corrected chi connectivity index (χ1v) is 12.4. The minimum atomic E-state index is -4.02. The van der Waals surface area contributed by atoms with Crippen molar-refractivity contribution in [2.45, 2.75) is 18.4 Å². The van der Waals surface area contributed by atoms with Crippen LogP contribution in [0.5, 0.6) is 11.5 Å². The topological polar surface area (TPSA) is 95.6 Å². The standard InChI is InChI=1S/C26H25N3O5S/c1-16-5-7-18(8-6-16)35(31,32)29-23(11-19-17(15-30)9-10-27-26(19)29)21-14-28(2)22-13-25(34-4)24(33-3)12-20(21)22/h5-14,30H,15H2,1-4H3. The summed E-state index contributed by atoms with van der Waals surface area (Å²) in [5, 5.41) is 11.3. The van der Waals surface area contributed by atoms with Crippen LogP contribution in [-0.2, 0) is 23.7 Å². The highest BCUT2D eigenvalue weighted by Gasteiger charge is 2.27. The third kappa shape index (κ3) is 3.55. The number of aryl methyl sites for hydroxylation is 2. The Morgan fingerprint density at radius 1 is 0.971 bits per heavy atom. The van der Waals surface area contributed by atoms with Gasteiger partial charge in [0.25, 0.3) is 10.0 Å². The molecule has 2 aromatic carbocycles. The third-order valence-corrected chi connectivity index (χ3v) is 7.97. The van der Waals surface area contributed by atoms with E-state index >= 15 is 0 Å². The van der Waals surface area contributed by atoms with Gasteiger partial charge in [-0.1, -0.05) is 17.7 Å². The molecule has 0 amide bonds. The highest BCUT2D eigenvalue weighted by atomic mass is 32.2. The summed E-state index contributed by atoms with van der Waals surface area (Å²) in [5.74, 6) is 1.11. The summed E-state index contributed by atoms with van der Waals surface area (Å²) in [6.45, 7) is 1.66. The zero-order valence-electron chi connectivity index (χ0n) is 19.8. The van der Waals surface area contributed by atoms with Crippen molar-refractivity contribution in [3.63, 3.8) is 0 Å². The maximum atomic E-state index is 14.0. The van der Waals surface area contributed by atoms with E-state index in [0.717, 1.165) is 16.5 Å². The monoisotopic (exact) mass is 491 g/mol. The molecular formula is C26H25N3O5S. The number of fused-ring (bicyclic) bond motifs is 2. The highest BCUT2D eigenvalue weighted by molar-refractivity contribution is 7.90. The molecule has 3 heterocycles. The first-order valence-electron chi connectivity index (χ1n) is 10.9. The number of benzene rings is 2. The van der Waals surface area contributed by atoms with Gasteiger partial charge in [0.1, 0.15) is 0 Å². The quantitative estimate of drug-likeness (QED) is 0.382. The molecule has 180 valence electrons.